The number of para-hydroxylation sites is 1. The van der Waals surface area contributed by atoms with Crippen molar-refractivity contribution in [2.24, 2.45) is 0 Å². The molecule has 0 aromatic heterocycles. The first-order valence-electron chi connectivity index (χ1n) is 7.53. The minimum absolute atomic E-state index is 0.0159. The third-order valence-corrected chi connectivity index (χ3v) is 4.60. The lowest BCUT2D eigenvalue weighted by Crippen LogP contribution is -2.30. The third kappa shape index (κ3) is 4.90. The molecule has 0 heterocycles. The van der Waals surface area contributed by atoms with Gasteiger partial charge in [0, 0.05) is 12.1 Å². The summed E-state index contributed by atoms with van der Waals surface area (Å²) < 4.78 is 39.1. The van der Waals surface area contributed by atoms with Crippen LogP contribution in [0.1, 0.15) is 15.9 Å². The van der Waals surface area contributed by atoms with Crippen LogP contribution in [0.5, 0.6) is 0 Å². The van der Waals surface area contributed by atoms with E-state index in [-0.39, 0.29) is 18.1 Å². The van der Waals surface area contributed by atoms with Crippen molar-refractivity contribution in [1.82, 2.24) is 5.32 Å². The van der Waals surface area contributed by atoms with Crippen molar-refractivity contribution >= 4 is 21.6 Å². The molecule has 0 saturated heterocycles. The van der Waals surface area contributed by atoms with Crippen LogP contribution in [0.4, 0.5) is 10.1 Å². The zero-order valence-corrected chi connectivity index (χ0v) is 14.6. The monoisotopic (exact) mass is 362 g/mol. The minimum Gasteiger partial charge on any atom is -0.349 e. The Morgan fingerprint density at radius 1 is 1.20 bits per heavy atom. The number of hydrogen-bond acceptors (Lipinski definition) is 3. The molecule has 132 valence electrons. The fraction of sp³-hybridized carbons (Fsp3) is 0.167. The van der Waals surface area contributed by atoms with E-state index in [4.69, 9.17) is 0 Å². The SMILES string of the molecule is C=CCNC(=O)c1ccc(CN(c2ccccc2F)S(C)(=O)=O)cc1. The lowest BCUT2D eigenvalue weighted by atomic mass is 10.1. The van der Waals surface area contributed by atoms with Gasteiger partial charge in [-0.3, -0.25) is 9.10 Å². The van der Waals surface area contributed by atoms with Crippen LogP contribution in [0, 0.1) is 5.82 Å². The Balaban J connectivity index is 2.24. The van der Waals surface area contributed by atoms with Crippen LogP contribution >= 0.6 is 0 Å². The van der Waals surface area contributed by atoms with Gasteiger partial charge in [0.25, 0.3) is 5.91 Å². The fourth-order valence-electron chi connectivity index (χ4n) is 2.23. The third-order valence-electron chi connectivity index (χ3n) is 3.47. The lowest BCUT2D eigenvalue weighted by molar-refractivity contribution is 0.0958. The zero-order chi connectivity index (χ0) is 18.4. The van der Waals surface area contributed by atoms with Crippen molar-refractivity contribution in [3.8, 4) is 0 Å². The molecule has 2 aromatic carbocycles. The number of hydrogen-bond donors (Lipinski definition) is 1. The Morgan fingerprint density at radius 2 is 1.84 bits per heavy atom. The van der Waals surface area contributed by atoms with Gasteiger partial charge in [-0.05, 0) is 29.8 Å². The number of sulfonamides is 1. The summed E-state index contributed by atoms with van der Waals surface area (Å²) in [5, 5.41) is 2.65. The van der Waals surface area contributed by atoms with Gasteiger partial charge in [-0.25, -0.2) is 12.8 Å². The first kappa shape index (κ1) is 18.7. The molecule has 2 rings (SSSR count). The van der Waals surface area contributed by atoms with Crippen molar-refractivity contribution in [2.75, 3.05) is 17.1 Å². The van der Waals surface area contributed by atoms with E-state index in [2.05, 4.69) is 11.9 Å². The van der Waals surface area contributed by atoms with E-state index in [1.54, 1.807) is 36.4 Å². The lowest BCUT2D eigenvalue weighted by Gasteiger charge is -2.23. The van der Waals surface area contributed by atoms with Gasteiger partial charge in [-0.1, -0.05) is 30.3 Å². The molecule has 0 unspecified atom stereocenters. The Morgan fingerprint density at radius 3 is 2.40 bits per heavy atom. The van der Waals surface area contributed by atoms with E-state index in [0.29, 0.717) is 17.7 Å². The molecule has 0 aliphatic rings. The smallest absolute Gasteiger partial charge is 0.251 e. The highest BCUT2D eigenvalue weighted by Gasteiger charge is 2.21. The predicted octanol–water partition coefficient (Wildman–Crippen LogP) is 2.71. The number of nitrogens with zero attached hydrogens (tertiary/aromatic N) is 1. The number of rotatable bonds is 7. The number of benzene rings is 2. The second-order valence-corrected chi connectivity index (χ2v) is 7.32. The van der Waals surface area contributed by atoms with Gasteiger partial charge in [0.05, 0.1) is 18.5 Å². The van der Waals surface area contributed by atoms with Gasteiger partial charge in [0.1, 0.15) is 5.82 Å². The summed E-state index contributed by atoms with van der Waals surface area (Å²) in [4.78, 5) is 11.8. The van der Waals surface area contributed by atoms with Crippen LogP contribution in [0.15, 0.2) is 61.2 Å². The summed E-state index contributed by atoms with van der Waals surface area (Å²) in [7, 11) is -3.67. The van der Waals surface area contributed by atoms with Crippen LogP contribution in [0.25, 0.3) is 0 Å². The van der Waals surface area contributed by atoms with Crippen molar-refractivity contribution in [1.29, 1.82) is 0 Å². The van der Waals surface area contributed by atoms with Crippen LogP contribution in [-0.4, -0.2) is 27.1 Å². The van der Waals surface area contributed by atoms with Crippen LogP contribution in [0.2, 0.25) is 0 Å². The predicted molar refractivity (Wildman–Crippen MR) is 96.4 cm³/mol. The molecule has 0 fully saturated rings. The highest BCUT2D eigenvalue weighted by Crippen LogP contribution is 2.23. The van der Waals surface area contributed by atoms with E-state index in [0.717, 1.165) is 10.6 Å². The van der Waals surface area contributed by atoms with Crippen molar-refractivity contribution in [2.45, 2.75) is 6.54 Å². The summed E-state index contributed by atoms with van der Waals surface area (Å²) in [5.41, 5.74) is 1.06. The van der Waals surface area contributed by atoms with Gasteiger partial charge in [0.2, 0.25) is 10.0 Å². The fourth-order valence-corrected chi connectivity index (χ4v) is 3.12. The molecule has 0 saturated carbocycles. The number of nitrogens with one attached hydrogen (secondary N) is 1. The summed E-state index contributed by atoms with van der Waals surface area (Å²) in [6, 6.07) is 12.2. The molecule has 2 aromatic rings. The van der Waals surface area contributed by atoms with E-state index in [1.807, 2.05) is 0 Å². The van der Waals surface area contributed by atoms with Gasteiger partial charge in [-0.2, -0.15) is 0 Å². The molecule has 0 spiro atoms. The molecular formula is C18H19FN2O3S. The van der Waals surface area contributed by atoms with Crippen LogP contribution < -0.4 is 9.62 Å². The zero-order valence-electron chi connectivity index (χ0n) is 13.8. The average molecular weight is 362 g/mol. The second-order valence-electron chi connectivity index (χ2n) is 5.42. The number of amides is 1. The van der Waals surface area contributed by atoms with Crippen LogP contribution in [-0.2, 0) is 16.6 Å². The Labute approximate surface area is 146 Å². The topological polar surface area (TPSA) is 66.5 Å². The maximum atomic E-state index is 14.0. The number of halogens is 1. The quantitative estimate of drug-likeness (QED) is 0.770. The normalized spacial score (nSPS) is 11.0. The molecule has 25 heavy (non-hydrogen) atoms. The highest BCUT2D eigenvalue weighted by atomic mass is 32.2. The molecular weight excluding hydrogens is 343 g/mol. The maximum absolute atomic E-state index is 14.0. The number of carbonyl (C=O) groups is 1. The Hall–Kier alpha value is -2.67. The molecule has 0 aliphatic carbocycles. The van der Waals surface area contributed by atoms with Crippen molar-refractivity contribution < 1.29 is 17.6 Å². The van der Waals surface area contributed by atoms with Crippen LogP contribution in [0.3, 0.4) is 0 Å². The summed E-state index contributed by atoms with van der Waals surface area (Å²) >= 11 is 0. The van der Waals surface area contributed by atoms with Gasteiger partial charge >= 0.3 is 0 Å². The summed E-state index contributed by atoms with van der Waals surface area (Å²) in [6.45, 7) is 3.85. The largest absolute Gasteiger partial charge is 0.349 e. The second kappa shape index (κ2) is 7.94. The molecule has 1 N–H and O–H groups in total. The molecule has 0 aliphatic heterocycles. The van der Waals surface area contributed by atoms with Gasteiger partial charge < -0.3 is 5.32 Å². The average Bonchev–Trinajstić information content (AvgIpc) is 2.58. The molecule has 0 atom stereocenters. The van der Waals surface area contributed by atoms with E-state index < -0.39 is 15.8 Å². The molecule has 0 bridgehead atoms. The van der Waals surface area contributed by atoms with E-state index >= 15 is 0 Å². The van der Waals surface area contributed by atoms with Gasteiger partial charge in [-0.15, -0.1) is 6.58 Å². The van der Waals surface area contributed by atoms with Crippen molar-refractivity contribution in [3.63, 3.8) is 0 Å². The number of anilines is 1. The standard InChI is InChI=1S/C18H19FN2O3S/c1-3-12-20-18(22)15-10-8-14(9-11-15)13-21(25(2,23)24)17-7-5-4-6-16(17)19/h3-11H,1,12-13H2,2H3,(H,20,22). The molecule has 7 heteroatoms. The summed E-state index contributed by atoms with van der Waals surface area (Å²) in [6.07, 6.45) is 2.60. The maximum Gasteiger partial charge on any atom is 0.251 e. The minimum atomic E-state index is -3.67. The Bertz CT molecular complexity index is 864. The van der Waals surface area contributed by atoms with E-state index in [9.17, 15) is 17.6 Å². The number of carbonyl (C=O) groups excluding carboxylic acids is 1. The van der Waals surface area contributed by atoms with E-state index in [1.165, 1.54) is 18.2 Å². The first-order valence-corrected chi connectivity index (χ1v) is 9.38. The molecule has 1 amide bonds. The summed E-state index contributed by atoms with van der Waals surface area (Å²) in [5.74, 6) is -0.867. The van der Waals surface area contributed by atoms with Crippen molar-refractivity contribution in [3.05, 3.63) is 78.1 Å². The first-order chi connectivity index (χ1) is 11.8. The highest BCUT2D eigenvalue weighted by molar-refractivity contribution is 7.92. The van der Waals surface area contributed by atoms with Gasteiger partial charge in [0.15, 0.2) is 0 Å². The molecule has 5 nitrogen and oxygen atoms in total. The Kier molecular flexibility index (Phi) is 5.93. The molecule has 0 radical (unpaired) electrons.